The number of aryl methyl sites for hydroxylation is 1. The Morgan fingerprint density at radius 2 is 1.90 bits per heavy atom. The molecule has 0 aliphatic carbocycles. The summed E-state index contributed by atoms with van der Waals surface area (Å²) < 4.78 is 3.51. The normalized spacial score (nSPS) is 14.7. The SMILES string of the molecule is CCC(C(=O)N1CCc2cc(=O)n(C)cc2C1)n1cc(C(C)=O)c2ccccc21. The fourth-order valence-electron chi connectivity index (χ4n) is 4.27. The third kappa shape index (κ3) is 3.28. The van der Waals surface area contributed by atoms with Crippen molar-refractivity contribution in [3.05, 3.63) is 69.8 Å². The molecule has 6 nitrogen and oxygen atoms in total. The van der Waals surface area contributed by atoms with E-state index in [1.54, 1.807) is 24.6 Å². The zero-order valence-electron chi connectivity index (χ0n) is 17.0. The second kappa shape index (κ2) is 7.35. The Labute approximate surface area is 169 Å². The van der Waals surface area contributed by atoms with E-state index in [4.69, 9.17) is 0 Å². The standard InChI is InChI=1S/C23H25N3O3/c1-4-20(26-14-19(15(2)27)18-7-5-6-8-21(18)26)23(29)25-10-9-16-11-22(28)24(3)12-17(16)13-25/h5-8,11-12,14,20H,4,9-10,13H2,1-3H3. The van der Waals surface area contributed by atoms with Crippen LogP contribution in [0.1, 0.15) is 47.8 Å². The first kappa shape index (κ1) is 19.2. The van der Waals surface area contributed by atoms with Gasteiger partial charge in [-0.2, -0.15) is 0 Å². The molecule has 1 unspecified atom stereocenters. The van der Waals surface area contributed by atoms with E-state index >= 15 is 0 Å². The minimum atomic E-state index is -0.373. The third-order valence-corrected chi connectivity index (χ3v) is 5.86. The van der Waals surface area contributed by atoms with Gasteiger partial charge in [0.25, 0.3) is 5.56 Å². The quantitative estimate of drug-likeness (QED) is 0.642. The molecule has 1 aliphatic heterocycles. The van der Waals surface area contributed by atoms with Gasteiger partial charge in [0.1, 0.15) is 6.04 Å². The second-order valence-electron chi connectivity index (χ2n) is 7.73. The molecule has 0 fully saturated rings. The van der Waals surface area contributed by atoms with Gasteiger partial charge in [-0.15, -0.1) is 0 Å². The van der Waals surface area contributed by atoms with Crippen LogP contribution in [-0.4, -0.2) is 32.3 Å². The highest BCUT2D eigenvalue weighted by atomic mass is 16.2. The second-order valence-corrected chi connectivity index (χ2v) is 7.73. The van der Waals surface area contributed by atoms with Gasteiger partial charge in [-0.25, -0.2) is 0 Å². The third-order valence-electron chi connectivity index (χ3n) is 5.86. The van der Waals surface area contributed by atoms with Crippen molar-refractivity contribution in [3.8, 4) is 0 Å². The van der Waals surface area contributed by atoms with Gasteiger partial charge in [-0.05, 0) is 37.0 Å². The topological polar surface area (TPSA) is 64.3 Å². The Morgan fingerprint density at radius 3 is 2.62 bits per heavy atom. The molecule has 29 heavy (non-hydrogen) atoms. The number of Topliss-reactive ketones (excluding diaryl/α,β-unsaturated/α-hetero) is 1. The summed E-state index contributed by atoms with van der Waals surface area (Å²) in [6, 6.07) is 9.02. The lowest BCUT2D eigenvalue weighted by molar-refractivity contribution is -0.135. The molecule has 0 radical (unpaired) electrons. The molecule has 0 saturated heterocycles. The molecule has 1 aliphatic rings. The number of rotatable bonds is 4. The molecule has 3 aromatic rings. The van der Waals surface area contributed by atoms with Gasteiger partial charge >= 0.3 is 0 Å². The van der Waals surface area contributed by atoms with Crippen LogP contribution in [0.15, 0.2) is 47.5 Å². The number of fused-ring (bicyclic) bond motifs is 2. The molecule has 0 N–H and O–H groups in total. The van der Waals surface area contributed by atoms with E-state index in [1.165, 1.54) is 0 Å². The highest BCUT2D eigenvalue weighted by Crippen LogP contribution is 2.29. The van der Waals surface area contributed by atoms with Crippen molar-refractivity contribution in [2.75, 3.05) is 6.54 Å². The molecule has 1 aromatic carbocycles. The summed E-state index contributed by atoms with van der Waals surface area (Å²) in [7, 11) is 1.73. The van der Waals surface area contributed by atoms with E-state index < -0.39 is 0 Å². The number of ketones is 1. The molecule has 0 bridgehead atoms. The first-order chi connectivity index (χ1) is 13.9. The smallest absolute Gasteiger partial charge is 0.250 e. The summed E-state index contributed by atoms with van der Waals surface area (Å²) in [5, 5.41) is 0.880. The van der Waals surface area contributed by atoms with Crippen LogP contribution >= 0.6 is 0 Å². The number of pyridine rings is 1. The van der Waals surface area contributed by atoms with Gasteiger partial charge in [0, 0.05) is 55.1 Å². The largest absolute Gasteiger partial charge is 0.336 e. The lowest BCUT2D eigenvalue weighted by Crippen LogP contribution is -2.41. The first-order valence-corrected chi connectivity index (χ1v) is 9.98. The van der Waals surface area contributed by atoms with Crippen molar-refractivity contribution in [1.82, 2.24) is 14.0 Å². The van der Waals surface area contributed by atoms with Crippen molar-refractivity contribution in [2.45, 2.75) is 39.3 Å². The first-order valence-electron chi connectivity index (χ1n) is 9.98. The number of nitrogens with zero attached hydrogens (tertiary/aromatic N) is 3. The lowest BCUT2D eigenvalue weighted by atomic mass is 10.0. The van der Waals surface area contributed by atoms with E-state index in [2.05, 4.69) is 0 Å². The maximum absolute atomic E-state index is 13.5. The average Bonchev–Trinajstić information content (AvgIpc) is 3.09. The van der Waals surface area contributed by atoms with Crippen LogP contribution in [0.3, 0.4) is 0 Å². The van der Waals surface area contributed by atoms with Crippen LogP contribution in [0.25, 0.3) is 10.9 Å². The fourth-order valence-corrected chi connectivity index (χ4v) is 4.27. The average molecular weight is 391 g/mol. The molecular formula is C23H25N3O3. The highest BCUT2D eigenvalue weighted by Gasteiger charge is 2.29. The zero-order chi connectivity index (χ0) is 20.7. The Kier molecular flexibility index (Phi) is 4.86. The summed E-state index contributed by atoms with van der Waals surface area (Å²) >= 11 is 0. The summed E-state index contributed by atoms with van der Waals surface area (Å²) in [4.78, 5) is 39.3. The molecule has 6 heteroatoms. The lowest BCUT2D eigenvalue weighted by Gasteiger charge is -2.32. The van der Waals surface area contributed by atoms with Crippen molar-refractivity contribution < 1.29 is 9.59 Å². The van der Waals surface area contributed by atoms with Crippen LogP contribution < -0.4 is 5.56 Å². The number of aromatic nitrogens is 2. The molecule has 2 aromatic heterocycles. The fraction of sp³-hybridized carbons (Fsp3) is 0.348. The Hall–Kier alpha value is -3.15. The van der Waals surface area contributed by atoms with Gasteiger partial charge in [0.2, 0.25) is 5.91 Å². The molecule has 1 atom stereocenters. The zero-order valence-corrected chi connectivity index (χ0v) is 17.0. The molecule has 0 spiro atoms. The van der Waals surface area contributed by atoms with Gasteiger partial charge < -0.3 is 14.0 Å². The van der Waals surface area contributed by atoms with Crippen LogP contribution in [-0.2, 0) is 24.8 Å². The maximum atomic E-state index is 13.5. The van der Waals surface area contributed by atoms with Gasteiger partial charge in [-0.3, -0.25) is 14.4 Å². The Balaban J connectivity index is 1.69. The van der Waals surface area contributed by atoms with E-state index in [0.717, 1.165) is 22.0 Å². The van der Waals surface area contributed by atoms with Gasteiger partial charge in [0.05, 0.1) is 0 Å². The van der Waals surface area contributed by atoms with Crippen LogP contribution in [0.4, 0.5) is 0 Å². The van der Waals surface area contributed by atoms with Crippen molar-refractivity contribution in [2.24, 2.45) is 7.05 Å². The minimum Gasteiger partial charge on any atom is -0.336 e. The number of amides is 1. The molecule has 3 heterocycles. The van der Waals surface area contributed by atoms with E-state index in [1.807, 2.05) is 53.0 Å². The number of para-hydroxylation sites is 1. The van der Waals surface area contributed by atoms with Crippen molar-refractivity contribution in [3.63, 3.8) is 0 Å². The molecule has 1 amide bonds. The Bertz CT molecular complexity index is 1170. The van der Waals surface area contributed by atoms with E-state index in [-0.39, 0.29) is 23.3 Å². The maximum Gasteiger partial charge on any atom is 0.250 e. The molecular weight excluding hydrogens is 366 g/mol. The molecule has 4 rings (SSSR count). The van der Waals surface area contributed by atoms with Crippen molar-refractivity contribution >= 4 is 22.6 Å². The van der Waals surface area contributed by atoms with Crippen LogP contribution in [0.2, 0.25) is 0 Å². The number of hydrogen-bond donors (Lipinski definition) is 0. The van der Waals surface area contributed by atoms with Crippen molar-refractivity contribution in [1.29, 1.82) is 0 Å². The molecule has 0 saturated carbocycles. The number of carbonyl (C=O) groups excluding carboxylic acids is 2. The summed E-state index contributed by atoms with van der Waals surface area (Å²) in [6.07, 6.45) is 4.96. The summed E-state index contributed by atoms with van der Waals surface area (Å²) in [6.45, 7) is 4.64. The number of hydrogen-bond acceptors (Lipinski definition) is 3. The highest BCUT2D eigenvalue weighted by molar-refractivity contribution is 6.07. The van der Waals surface area contributed by atoms with Gasteiger partial charge in [-0.1, -0.05) is 25.1 Å². The molecule has 150 valence electrons. The van der Waals surface area contributed by atoms with Crippen LogP contribution in [0.5, 0.6) is 0 Å². The van der Waals surface area contributed by atoms with Gasteiger partial charge in [0.15, 0.2) is 5.78 Å². The minimum absolute atomic E-state index is 0.00457. The predicted octanol–water partition coefficient (Wildman–Crippen LogP) is 3.08. The van der Waals surface area contributed by atoms with E-state index in [0.29, 0.717) is 31.5 Å². The summed E-state index contributed by atoms with van der Waals surface area (Å²) in [5.41, 5.74) is 3.56. The van der Waals surface area contributed by atoms with Crippen LogP contribution in [0, 0.1) is 0 Å². The number of carbonyl (C=O) groups is 2. The Morgan fingerprint density at radius 1 is 1.14 bits per heavy atom. The predicted molar refractivity (Wildman–Crippen MR) is 112 cm³/mol. The summed E-state index contributed by atoms with van der Waals surface area (Å²) in [5.74, 6) is 0.0397. The number of benzene rings is 1. The van der Waals surface area contributed by atoms with E-state index in [9.17, 15) is 14.4 Å². The monoisotopic (exact) mass is 391 g/mol.